The number of esters is 1. The number of ether oxygens (including phenoxy) is 2. The largest absolute Gasteiger partial charge is 0.493 e. The van der Waals surface area contributed by atoms with Gasteiger partial charge in [-0.15, -0.1) is 0 Å². The highest BCUT2D eigenvalue weighted by Gasteiger charge is 2.34. The molecule has 110 valence electrons. The van der Waals surface area contributed by atoms with Crippen LogP contribution in [0.3, 0.4) is 0 Å². The van der Waals surface area contributed by atoms with E-state index in [2.05, 4.69) is 11.9 Å². The molecule has 0 N–H and O–H groups in total. The van der Waals surface area contributed by atoms with Crippen LogP contribution in [0, 0.1) is 11.8 Å². The first-order valence-electron chi connectivity index (χ1n) is 6.75. The van der Waals surface area contributed by atoms with Crippen molar-refractivity contribution < 1.29 is 14.3 Å². The minimum Gasteiger partial charge on any atom is -0.493 e. The van der Waals surface area contributed by atoms with Crippen LogP contribution in [0.4, 0.5) is 0 Å². The summed E-state index contributed by atoms with van der Waals surface area (Å²) in [5.41, 5.74) is 0. The van der Waals surface area contributed by atoms with Crippen molar-refractivity contribution in [1.29, 1.82) is 0 Å². The summed E-state index contributed by atoms with van der Waals surface area (Å²) in [6.45, 7) is 2.24. The second kappa shape index (κ2) is 6.95. The number of nitrogens with zero attached hydrogens (tertiary/aromatic N) is 1. The maximum atomic E-state index is 11.9. The zero-order chi connectivity index (χ0) is 14.5. The van der Waals surface area contributed by atoms with Gasteiger partial charge in [-0.05, 0) is 44.1 Å². The normalized spacial score (nSPS) is 20.6. The van der Waals surface area contributed by atoms with Gasteiger partial charge in [0.15, 0.2) is 0 Å². The van der Waals surface area contributed by atoms with Gasteiger partial charge in [-0.25, -0.2) is 0 Å². The Hall–Kier alpha value is -1.26. The van der Waals surface area contributed by atoms with Crippen molar-refractivity contribution in [3.05, 3.63) is 29.3 Å². The summed E-state index contributed by atoms with van der Waals surface area (Å²) in [5, 5.41) is 0.623. The van der Waals surface area contributed by atoms with Crippen molar-refractivity contribution in [2.45, 2.75) is 6.42 Å². The standard InChI is InChI=1S/C15H20ClNO3/c1-17-7-6-11(9-17)14(15(18)19-2)10-20-13-5-3-4-12(16)8-13/h3-5,8,11,14H,6-7,9-10H2,1-2H3. The summed E-state index contributed by atoms with van der Waals surface area (Å²) in [6, 6.07) is 7.20. The molecule has 20 heavy (non-hydrogen) atoms. The molecule has 0 aliphatic carbocycles. The molecule has 1 aromatic carbocycles. The maximum Gasteiger partial charge on any atom is 0.312 e. The third-order valence-corrected chi connectivity index (χ3v) is 3.96. The molecule has 2 unspecified atom stereocenters. The number of rotatable bonds is 5. The summed E-state index contributed by atoms with van der Waals surface area (Å²) < 4.78 is 10.6. The van der Waals surface area contributed by atoms with Crippen molar-refractivity contribution in [1.82, 2.24) is 4.90 Å². The molecule has 2 rings (SSSR count). The summed E-state index contributed by atoms with van der Waals surface area (Å²) in [4.78, 5) is 14.2. The average Bonchev–Trinajstić information content (AvgIpc) is 2.85. The quantitative estimate of drug-likeness (QED) is 0.783. The molecule has 1 heterocycles. The highest BCUT2D eigenvalue weighted by atomic mass is 35.5. The smallest absolute Gasteiger partial charge is 0.312 e. The van der Waals surface area contributed by atoms with Crippen molar-refractivity contribution >= 4 is 17.6 Å². The fourth-order valence-corrected chi connectivity index (χ4v) is 2.77. The van der Waals surface area contributed by atoms with Crippen molar-refractivity contribution in [3.63, 3.8) is 0 Å². The molecular weight excluding hydrogens is 278 g/mol. The van der Waals surface area contributed by atoms with Gasteiger partial charge in [-0.3, -0.25) is 4.79 Å². The van der Waals surface area contributed by atoms with Gasteiger partial charge >= 0.3 is 5.97 Å². The van der Waals surface area contributed by atoms with Crippen LogP contribution in [0.15, 0.2) is 24.3 Å². The number of methoxy groups -OCH3 is 1. The van der Waals surface area contributed by atoms with Gasteiger partial charge in [-0.2, -0.15) is 0 Å². The number of halogens is 1. The van der Waals surface area contributed by atoms with Gasteiger partial charge in [0.05, 0.1) is 13.0 Å². The molecule has 1 saturated heterocycles. The lowest BCUT2D eigenvalue weighted by Crippen LogP contribution is -2.32. The molecule has 0 bridgehead atoms. The third-order valence-electron chi connectivity index (χ3n) is 3.73. The molecule has 1 aliphatic rings. The van der Waals surface area contributed by atoms with Gasteiger partial charge in [-0.1, -0.05) is 17.7 Å². The van der Waals surface area contributed by atoms with Crippen molar-refractivity contribution in [2.75, 3.05) is 33.9 Å². The molecule has 1 aromatic rings. The van der Waals surface area contributed by atoms with Crippen LogP contribution in [-0.4, -0.2) is 44.7 Å². The Labute approximate surface area is 124 Å². The van der Waals surface area contributed by atoms with Crippen LogP contribution in [0.5, 0.6) is 5.75 Å². The SMILES string of the molecule is COC(=O)C(COc1cccc(Cl)c1)C1CCN(C)C1. The molecule has 0 aromatic heterocycles. The van der Waals surface area contributed by atoms with Crippen LogP contribution in [-0.2, 0) is 9.53 Å². The van der Waals surface area contributed by atoms with Crippen molar-refractivity contribution in [3.8, 4) is 5.75 Å². The minimum absolute atomic E-state index is 0.202. The summed E-state index contributed by atoms with van der Waals surface area (Å²) in [5.74, 6) is 0.528. The Bertz CT molecular complexity index is 466. The first kappa shape index (κ1) is 15.1. The van der Waals surface area contributed by atoms with E-state index in [1.807, 2.05) is 12.1 Å². The number of carbonyl (C=O) groups excluding carboxylic acids is 1. The van der Waals surface area contributed by atoms with E-state index in [0.717, 1.165) is 19.5 Å². The molecule has 5 heteroatoms. The lowest BCUT2D eigenvalue weighted by molar-refractivity contribution is -0.148. The van der Waals surface area contributed by atoms with E-state index in [1.54, 1.807) is 12.1 Å². The van der Waals surface area contributed by atoms with E-state index in [-0.39, 0.29) is 17.8 Å². The Morgan fingerprint density at radius 1 is 1.55 bits per heavy atom. The second-order valence-corrected chi connectivity index (χ2v) is 5.65. The highest BCUT2D eigenvalue weighted by Crippen LogP contribution is 2.26. The van der Waals surface area contributed by atoms with E-state index < -0.39 is 0 Å². The summed E-state index contributed by atoms with van der Waals surface area (Å²) >= 11 is 5.92. The van der Waals surface area contributed by atoms with E-state index in [9.17, 15) is 4.79 Å². The Morgan fingerprint density at radius 3 is 2.95 bits per heavy atom. The zero-order valence-electron chi connectivity index (χ0n) is 11.8. The van der Waals surface area contributed by atoms with E-state index in [4.69, 9.17) is 21.1 Å². The predicted molar refractivity (Wildman–Crippen MR) is 78.1 cm³/mol. The van der Waals surface area contributed by atoms with Gasteiger partial charge in [0.25, 0.3) is 0 Å². The lowest BCUT2D eigenvalue weighted by Gasteiger charge is -2.21. The summed E-state index contributed by atoms with van der Waals surface area (Å²) in [7, 11) is 3.49. The third kappa shape index (κ3) is 3.87. The minimum atomic E-state index is -0.232. The van der Waals surface area contributed by atoms with Gasteiger partial charge in [0.1, 0.15) is 12.4 Å². The molecule has 1 fully saturated rings. The van der Waals surface area contributed by atoms with Gasteiger partial charge < -0.3 is 14.4 Å². The molecule has 0 radical (unpaired) electrons. The van der Waals surface area contributed by atoms with Gasteiger partial charge in [0.2, 0.25) is 0 Å². The van der Waals surface area contributed by atoms with Crippen molar-refractivity contribution in [2.24, 2.45) is 11.8 Å². The zero-order valence-corrected chi connectivity index (χ0v) is 12.6. The second-order valence-electron chi connectivity index (χ2n) is 5.21. The van der Waals surface area contributed by atoms with E-state index in [0.29, 0.717) is 17.4 Å². The number of carbonyl (C=O) groups is 1. The van der Waals surface area contributed by atoms with Crippen LogP contribution in [0.25, 0.3) is 0 Å². The molecule has 2 atom stereocenters. The first-order valence-corrected chi connectivity index (χ1v) is 7.12. The fraction of sp³-hybridized carbons (Fsp3) is 0.533. The molecule has 0 amide bonds. The number of likely N-dealkylation sites (tertiary alicyclic amines) is 1. The fourth-order valence-electron chi connectivity index (χ4n) is 2.59. The molecular formula is C15H20ClNO3. The number of benzene rings is 1. The van der Waals surface area contributed by atoms with Gasteiger partial charge in [0, 0.05) is 11.6 Å². The Balaban J connectivity index is 1.99. The van der Waals surface area contributed by atoms with E-state index >= 15 is 0 Å². The molecule has 1 aliphatic heterocycles. The molecule has 4 nitrogen and oxygen atoms in total. The van der Waals surface area contributed by atoms with Crippen LogP contribution < -0.4 is 4.74 Å². The van der Waals surface area contributed by atoms with Crippen LogP contribution in [0.2, 0.25) is 5.02 Å². The first-order chi connectivity index (χ1) is 9.60. The summed E-state index contributed by atoms with van der Waals surface area (Å²) in [6.07, 6.45) is 0.995. The predicted octanol–water partition coefficient (Wildman–Crippen LogP) is 2.46. The van der Waals surface area contributed by atoms with Crippen LogP contribution >= 0.6 is 11.6 Å². The Morgan fingerprint density at radius 2 is 2.35 bits per heavy atom. The van der Waals surface area contributed by atoms with E-state index in [1.165, 1.54) is 7.11 Å². The highest BCUT2D eigenvalue weighted by molar-refractivity contribution is 6.30. The lowest BCUT2D eigenvalue weighted by atomic mass is 9.92. The van der Waals surface area contributed by atoms with Crippen LogP contribution in [0.1, 0.15) is 6.42 Å². The Kier molecular flexibility index (Phi) is 5.26. The average molecular weight is 298 g/mol. The molecule has 0 spiro atoms. The maximum absolute atomic E-state index is 11.9. The topological polar surface area (TPSA) is 38.8 Å². The number of hydrogen-bond donors (Lipinski definition) is 0. The number of hydrogen-bond acceptors (Lipinski definition) is 4. The molecule has 0 saturated carbocycles. The monoisotopic (exact) mass is 297 g/mol.